The molecule has 122 valence electrons. The summed E-state index contributed by atoms with van der Waals surface area (Å²) in [6.45, 7) is 0.680. The molecule has 0 spiro atoms. The summed E-state index contributed by atoms with van der Waals surface area (Å²) in [6.07, 6.45) is 5.28. The Bertz CT molecular complexity index is 931. The zero-order chi connectivity index (χ0) is 16.5. The topological polar surface area (TPSA) is 37.6 Å². The maximum atomic E-state index is 12.3. The van der Waals surface area contributed by atoms with E-state index in [1.807, 2.05) is 18.2 Å². The third-order valence-corrected chi connectivity index (χ3v) is 4.91. The van der Waals surface area contributed by atoms with Gasteiger partial charge < -0.3 is 0 Å². The van der Waals surface area contributed by atoms with Crippen molar-refractivity contribution in [1.29, 1.82) is 0 Å². The van der Waals surface area contributed by atoms with E-state index in [4.69, 9.17) is 0 Å². The molecule has 0 aliphatic heterocycles. The number of hydrogen-bond donors (Lipinski definition) is 0. The fourth-order valence-corrected chi connectivity index (χ4v) is 3.74. The summed E-state index contributed by atoms with van der Waals surface area (Å²) < 4.78 is 1.58. The molecule has 1 aromatic carbocycles. The van der Waals surface area contributed by atoms with Crippen molar-refractivity contribution in [3.05, 3.63) is 81.9 Å². The van der Waals surface area contributed by atoms with Crippen LogP contribution in [-0.2, 0) is 13.0 Å². The Hall–Kier alpha value is -2.46. The first-order valence-corrected chi connectivity index (χ1v) is 8.48. The molecule has 0 radical (unpaired) electrons. The molecule has 0 unspecified atom stereocenters. The summed E-state index contributed by atoms with van der Waals surface area (Å²) in [6, 6.07) is 16.4. The molecule has 0 saturated heterocycles. The van der Waals surface area contributed by atoms with E-state index in [1.165, 1.54) is 17.5 Å². The van der Waals surface area contributed by atoms with Gasteiger partial charge >= 0.3 is 0 Å². The fourth-order valence-electron chi connectivity index (χ4n) is 3.74. The number of pyridine rings is 1. The monoisotopic (exact) mass is 319 g/mol. The Labute approximate surface area is 141 Å². The van der Waals surface area contributed by atoms with Gasteiger partial charge in [0.2, 0.25) is 0 Å². The van der Waals surface area contributed by atoms with Crippen molar-refractivity contribution in [3.63, 3.8) is 0 Å². The highest BCUT2D eigenvalue weighted by Gasteiger charge is 2.23. The molecule has 2 heterocycles. The van der Waals surface area contributed by atoms with Crippen LogP contribution in [-0.4, -0.2) is 21.3 Å². The molecule has 4 rings (SSSR count). The van der Waals surface area contributed by atoms with Gasteiger partial charge in [-0.05, 0) is 49.6 Å². The van der Waals surface area contributed by atoms with Gasteiger partial charge in [0, 0.05) is 24.8 Å². The number of fused-ring (bicyclic) bond motifs is 2. The zero-order valence-electron chi connectivity index (χ0n) is 13.9. The minimum atomic E-state index is -0.0203. The maximum Gasteiger partial charge on any atom is 0.258 e. The molecule has 0 saturated carbocycles. The van der Waals surface area contributed by atoms with Crippen molar-refractivity contribution in [3.8, 4) is 0 Å². The normalized spacial score (nSPS) is 17.2. The van der Waals surface area contributed by atoms with Gasteiger partial charge in [-0.15, -0.1) is 0 Å². The fraction of sp³-hybridized carbons (Fsp3) is 0.300. The summed E-state index contributed by atoms with van der Waals surface area (Å²) >= 11 is 0. The number of hydrogen-bond acceptors (Lipinski definition) is 3. The molecule has 24 heavy (non-hydrogen) atoms. The van der Waals surface area contributed by atoms with E-state index < -0.39 is 0 Å². The summed E-state index contributed by atoms with van der Waals surface area (Å²) in [4.78, 5) is 19.2. The molecule has 4 nitrogen and oxygen atoms in total. The summed E-state index contributed by atoms with van der Waals surface area (Å²) in [5.41, 5.74) is 4.39. The molecule has 1 atom stereocenters. The van der Waals surface area contributed by atoms with Crippen LogP contribution in [0.3, 0.4) is 0 Å². The molecular formula is C20H21N3O. The highest BCUT2D eigenvalue weighted by molar-refractivity contribution is 5.38. The second-order valence-electron chi connectivity index (χ2n) is 6.54. The maximum absolute atomic E-state index is 12.3. The highest BCUT2D eigenvalue weighted by Crippen LogP contribution is 2.33. The lowest BCUT2D eigenvalue weighted by molar-refractivity contribution is 0.211. The molecule has 1 aliphatic carbocycles. The molecule has 1 aliphatic rings. The number of benzene rings is 1. The SMILES string of the molecule is CN(Cc1cc(=O)n2ccccc2n1)[C@H]1CCCc2ccccc21. The van der Waals surface area contributed by atoms with Crippen LogP contribution in [0.2, 0.25) is 0 Å². The van der Waals surface area contributed by atoms with Gasteiger partial charge in [0.1, 0.15) is 5.65 Å². The third-order valence-electron chi connectivity index (χ3n) is 4.91. The molecule has 3 aromatic rings. The van der Waals surface area contributed by atoms with E-state index >= 15 is 0 Å². The highest BCUT2D eigenvalue weighted by atomic mass is 16.1. The van der Waals surface area contributed by atoms with Gasteiger partial charge in [0.05, 0.1) is 5.69 Å². The van der Waals surface area contributed by atoms with Gasteiger partial charge in [-0.25, -0.2) is 4.98 Å². The van der Waals surface area contributed by atoms with Crippen LogP contribution in [0.15, 0.2) is 59.5 Å². The van der Waals surface area contributed by atoms with E-state index in [0.29, 0.717) is 18.2 Å². The van der Waals surface area contributed by atoms with Crippen molar-refractivity contribution in [2.75, 3.05) is 7.05 Å². The molecule has 4 heteroatoms. The second kappa shape index (κ2) is 6.21. The Morgan fingerprint density at radius 3 is 2.96 bits per heavy atom. The van der Waals surface area contributed by atoms with Gasteiger partial charge in [0.25, 0.3) is 5.56 Å². The van der Waals surface area contributed by atoms with Crippen LogP contribution in [0, 0.1) is 0 Å². The van der Waals surface area contributed by atoms with E-state index in [0.717, 1.165) is 18.5 Å². The quantitative estimate of drug-likeness (QED) is 0.744. The molecule has 0 bridgehead atoms. The van der Waals surface area contributed by atoms with Crippen LogP contribution in [0.5, 0.6) is 0 Å². The van der Waals surface area contributed by atoms with Gasteiger partial charge in [-0.1, -0.05) is 30.3 Å². The lowest BCUT2D eigenvalue weighted by Crippen LogP contribution is -2.28. The van der Waals surface area contributed by atoms with E-state index in [1.54, 1.807) is 16.7 Å². The van der Waals surface area contributed by atoms with E-state index in [2.05, 4.69) is 41.2 Å². The lowest BCUT2D eigenvalue weighted by atomic mass is 9.87. The lowest BCUT2D eigenvalue weighted by Gasteiger charge is -2.33. The number of aromatic nitrogens is 2. The number of rotatable bonds is 3. The summed E-state index contributed by atoms with van der Waals surface area (Å²) in [5, 5.41) is 0. The van der Waals surface area contributed by atoms with Crippen molar-refractivity contribution >= 4 is 5.65 Å². The summed E-state index contributed by atoms with van der Waals surface area (Å²) in [7, 11) is 2.13. The molecule has 0 amide bonds. The van der Waals surface area contributed by atoms with Crippen LogP contribution in [0.25, 0.3) is 5.65 Å². The molecule has 2 aromatic heterocycles. The minimum Gasteiger partial charge on any atom is -0.294 e. The van der Waals surface area contributed by atoms with Crippen molar-refractivity contribution < 1.29 is 0 Å². The number of aryl methyl sites for hydroxylation is 1. The first kappa shape index (κ1) is 15.1. The Morgan fingerprint density at radius 1 is 1.21 bits per heavy atom. The zero-order valence-corrected chi connectivity index (χ0v) is 13.9. The molecular weight excluding hydrogens is 298 g/mol. The predicted octanol–water partition coefficient (Wildman–Crippen LogP) is 3.20. The standard InChI is InChI=1S/C20H21N3O/c1-22(18-10-6-8-15-7-2-3-9-17(15)18)14-16-13-20(24)23-12-5-4-11-19(23)21-16/h2-5,7,9,11-13,18H,6,8,10,14H2,1H3/t18-/m0/s1. The van der Waals surface area contributed by atoms with E-state index in [-0.39, 0.29) is 5.56 Å². The Balaban J connectivity index is 1.63. The van der Waals surface area contributed by atoms with E-state index in [9.17, 15) is 4.79 Å². The van der Waals surface area contributed by atoms with Gasteiger partial charge in [-0.2, -0.15) is 0 Å². The average Bonchev–Trinajstić information content (AvgIpc) is 2.61. The van der Waals surface area contributed by atoms with Crippen molar-refractivity contribution in [2.24, 2.45) is 0 Å². The van der Waals surface area contributed by atoms with Crippen molar-refractivity contribution in [2.45, 2.75) is 31.8 Å². The summed E-state index contributed by atoms with van der Waals surface area (Å²) in [5.74, 6) is 0. The second-order valence-corrected chi connectivity index (χ2v) is 6.54. The smallest absolute Gasteiger partial charge is 0.258 e. The van der Waals surface area contributed by atoms with Crippen LogP contribution < -0.4 is 5.56 Å². The number of nitrogens with zero attached hydrogens (tertiary/aromatic N) is 3. The van der Waals surface area contributed by atoms with Gasteiger partial charge in [0.15, 0.2) is 0 Å². The average molecular weight is 319 g/mol. The van der Waals surface area contributed by atoms with Gasteiger partial charge in [-0.3, -0.25) is 14.1 Å². The first-order valence-electron chi connectivity index (χ1n) is 8.48. The molecule has 0 N–H and O–H groups in total. The predicted molar refractivity (Wildman–Crippen MR) is 95.1 cm³/mol. The minimum absolute atomic E-state index is 0.0203. The molecule has 0 fully saturated rings. The van der Waals surface area contributed by atoms with Crippen LogP contribution in [0.4, 0.5) is 0 Å². The largest absolute Gasteiger partial charge is 0.294 e. The first-order chi connectivity index (χ1) is 11.7. The van der Waals surface area contributed by atoms with Crippen LogP contribution in [0.1, 0.15) is 35.7 Å². The Morgan fingerprint density at radius 2 is 2.04 bits per heavy atom. The van der Waals surface area contributed by atoms with Crippen molar-refractivity contribution in [1.82, 2.24) is 14.3 Å². The van der Waals surface area contributed by atoms with Crippen LogP contribution >= 0.6 is 0 Å². The Kier molecular flexibility index (Phi) is 3.90. The third kappa shape index (κ3) is 2.74.